The van der Waals surface area contributed by atoms with Gasteiger partial charge in [0.15, 0.2) is 5.78 Å². The zero-order chi connectivity index (χ0) is 26.6. The Hall–Kier alpha value is -5.42. The van der Waals surface area contributed by atoms with E-state index < -0.39 is 0 Å². The van der Waals surface area contributed by atoms with Gasteiger partial charge in [-0.15, -0.1) is 0 Å². The second-order valence-corrected chi connectivity index (χ2v) is 9.09. The van der Waals surface area contributed by atoms with E-state index in [9.17, 15) is 9.90 Å². The van der Waals surface area contributed by atoms with Gasteiger partial charge in [-0.05, 0) is 82.6 Å². The van der Waals surface area contributed by atoms with Crippen LogP contribution < -0.4 is 10.1 Å². The Kier molecular flexibility index (Phi) is 6.46. The van der Waals surface area contributed by atoms with Crippen molar-refractivity contribution in [3.8, 4) is 17.2 Å². The van der Waals surface area contributed by atoms with Crippen LogP contribution in [0.1, 0.15) is 16.7 Å². The van der Waals surface area contributed by atoms with Crippen LogP contribution in [-0.4, -0.2) is 17.1 Å². The summed E-state index contributed by atoms with van der Waals surface area (Å²) in [7, 11) is 0. The van der Waals surface area contributed by atoms with Crippen molar-refractivity contribution in [2.75, 3.05) is 5.32 Å². The van der Waals surface area contributed by atoms with Crippen molar-refractivity contribution in [3.63, 3.8) is 0 Å². The van der Waals surface area contributed by atoms with Gasteiger partial charge < -0.3 is 15.2 Å². The normalized spacial score (nSPS) is 13.6. The summed E-state index contributed by atoms with van der Waals surface area (Å²) in [6.07, 6.45) is 6.87. The van der Waals surface area contributed by atoms with E-state index in [-0.39, 0.29) is 11.5 Å². The van der Waals surface area contributed by atoms with Crippen LogP contribution in [0.25, 0.3) is 22.4 Å². The van der Waals surface area contributed by atoms with Crippen molar-refractivity contribution in [2.45, 2.75) is 0 Å². The highest BCUT2D eigenvalue weighted by Gasteiger charge is 2.16. The van der Waals surface area contributed by atoms with Crippen LogP contribution >= 0.6 is 0 Å². The number of phenolic OH excluding ortho intramolecular Hbond substituents is 1. The fourth-order valence-corrected chi connectivity index (χ4v) is 4.49. The number of ether oxygens (including phenoxy) is 1. The van der Waals surface area contributed by atoms with E-state index in [0.29, 0.717) is 22.6 Å². The van der Waals surface area contributed by atoms with Crippen molar-refractivity contribution >= 4 is 45.8 Å². The average molecular weight is 509 g/mol. The minimum absolute atomic E-state index is 0.0251. The molecule has 6 rings (SSSR count). The van der Waals surface area contributed by atoms with Crippen LogP contribution in [0.15, 0.2) is 126 Å². The van der Waals surface area contributed by atoms with Crippen molar-refractivity contribution < 1.29 is 14.6 Å². The number of carbonyl (C=O) groups is 1. The molecule has 0 radical (unpaired) electrons. The maximum atomic E-state index is 12.4. The largest absolute Gasteiger partial charge is 0.507 e. The van der Waals surface area contributed by atoms with E-state index in [2.05, 4.69) is 10.3 Å². The lowest BCUT2D eigenvalue weighted by atomic mass is 9.92. The quantitative estimate of drug-likeness (QED) is 0.179. The van der Waals surface area contributed by atoms with Gasteiger partial charge in [0.1, 0.15) is 17.2 Å². The third-order valence-corrected chi connectivity index (χ3v) is 6.53. The molecule has 1 aliphatic carbocycles. The van der Waals surface area contributed by atoms with Crippen LogP contribution in [0.5, 0.6) is 17.2 Å². The van der Waals surface area contributed by atoms with Crippen LogP contribution in [-0.2, 0) is 4.79 Å². The minimum atomic E-state index is -0.0251. The molecule has 0 saturated heterocycles. The molecule has 0 atom stereocenters. The highest BCUT2D eigenvalue weighted by atomic mass is 16.5. The van der Waals surface area contributed by atoms with Crippen LogP contribution in [0, 0.1) is 0 Å². The first kappa shape index (κ1) is 23.9. The van der Waals surface area contributed by atoms with Gasteiger partial charge >= 0.3 is 0 Å². The number of phenols is 1. The molecule has 188 valence electrons. The summed E-state index contributed by atoms with van der Waals surface area (Å²) in [5.74, 6) is 1.54. The molecule has 0 aromatic heterocycles. The zero-order valence-corrected chi connectivity index (χ0v) is 20.9. The van der Waals surface area contributed by atoms with E-state index in [1.54, 1.807) is 24.6 Å². The second-order valence-electron chi connectivity index (χ2n) is 9.09. The Morgan fingerprint density at radius 3 is 2.28 bits per heavy atom. The van der Waals surface area contributed by atoms with E-state index in [0.717, 1.165) is 33.3 Å². The molecule has 5 aromatic rings. The molecule has 0 bridgehead atoms. The third-order valence-electron chi connectivity index (χ3n) is 6.53. The lowest BCUT2D eigenvalue weighted by molar-refractivity contribution is -0.109. The molecule has 0 aliphatic heterocycles. The highest BCUT2D eigenvalue weighted by molar-refractivity contribution is 6.30. The molecular formula is C34H24N2O3. The molecule has 2 N–H and O–H groups in total. The lowest BCUT2D eigenvalue weighted by Gasteiger charge is -2.13. The summed E-state index contributed by atoms with van der Waals surface area (Å²) in [6.45, 7) is 0. The van der Waals surface area contributed by atoms with Gasteiger partial charge in [-0.25, -0.2) is 0 Å². The Morgan fingerprint density at radius 1 is 0.744 bits per heavy atom. The number of fused-ring (bicyclic) bond motifs is 2. The molecule has 0 spiro atoms. The standard InChI is InChI=1S/C34H24N2O3/c37-33-19-9-23-5-1-3-7-29(23)31(33)21-35-25-11-15-27(16-12-25)39-28-17-13-26(14-18-28)36-22-32-30-8-4-2-6-24(30)10-20-34(32)38/h1-22,35,38H/b31-21-,36-22?. The molecule has 5 nitrogen and oxygen atoms in total. The molecule has 0 saturated carbocycles. The first-order chi connectivity index (χ1) is 19.1. The minimum Gasteiger partial charge on any atom is -0.507 e. The molecule has 0 amide bonds. The summed E-state index contributed by atoms with van der Waals surface area (Å²) in [6, 6.07) is 34.3. The fourth-order valence-electron chi connectivity index (χ4n) is 4.49. The lowest BCUT2D eigenvalue weighted by Crippen LogP contribution is -2.06. The zero-order valence-electron chi connectivity index (χ0n) is 20.9. The molecular weight excluding hydrogens is 484 g/mol. The van der Waals surface area contributed by atoms with Gasteiger partial charge in [-0.1, -0.05) is 60.7 Å². The third kappa shape index (κ3) is 5.20. The van der Waals surface area contributed by atoms with Gasteiger partial charge in [0.25, 0.3) is 0 Å². The topological polar surface area (TPSA) is 70.9 Å². The number of nitrogens with one attached hydrogen (secondary N) is 1. The summed E-state index contributed by atoms with van der Waals surface area (Å²) in [4.78, 5) is 16.9. The number of rotatable bonds is 6. The average Bonchev–Trinajstić information content (AvgIpc) is 2.98. The molecule has 39 heavy (non-hydrogen) atoms. The monoisotopic (exact) mass is 508 g/mol. The summed E-state index contributed by atoms with van der Waals surface area (Å²) < 4.78 is 5.99. The van der Waals surface area contributed by atoms with Crippen LogP contribution in [0.3, 0.4) is 0 Å². The van der Waals surface area contributed by atoms with Gasteiger partial charge in [0, 0.05) is 29.2 Å². The number of hydrogen-bond donors (Lipinski definition) is 2. The highest BCUT2D eigenvalue weighted by Crippen LogP contribution is 2.29. The van der Waals surface area contributed by atoms with E-state index >= 15 is 0 Å². The Balaban J connectivity index is 1.11. The van der Waals surface area contributed by atoms with Crippen molar-refractivity contribution in [3.05, 3.63) is 138 Å². The summed E-state index contributed by atoms with van der Waals surface area (Å²) >= 11 is 0. The second kappa shape index (κ2) is 10.5. The van der Waals surface area contributed by atoms with Crippen molar-refractivity contribution in [1.82, 2.24) is 0 Å². The number of anilines is 1. The molecule has 0 unspecified atom stereocenters. The number of benzene rings is 5. The predicted molar refractivity (Wildman–Crippen MR) is 158 cm³/mol. The van der Waals surface area contributed by atoms with Crippen molar-refractivity contribution in [2.24, 2.45) is 4.99 Å². The maximum Gasteiger partial charge on any atom is 0.187 e. The molecule has 5 aromatic carbocycles. The number of hydrogen-bond acceptors (Lipinski definition) is 5. The number of aliphatic imine (C=N–C) groups is 1. The van der Waals surface area contributed by atoms with Gasteiger partial charge in [-0.3, -0.25) is 9.79 Å². The van der Waals surface area contributed by atoms with Gasteiger partial charge in [0.2, 0.25) is 0 Å². The number of carbonyl (C=O) groups excluding carboxylic acids is 1. The number of aromatic hydroxyl groups is 1. The number of allylic oxidation sites excluding steroid dienone is 2. The summed E-state index contributed by atoms with van der Waals surface area (Å²) in [5.41, 5.74) is 4.85. The van der Waals surface area contributed by atoms with E-state index in [1.807, 2.05) is 109 Å². The van der Waals surface area contributed by atoms with Crippen LogP contribution in [0.4, 0.5) is 11.4 Å². The molecule has 0 heterocycles. The SMILES string of the molecule is O=C1C=Cc2ccccc2/C1=C/Nc1ccc(Oc2ccc(N=Cc3c(O)ccc4ccccc34)cc2)cc1. The fraction of sp³-hybridized carbons (Fsp3) is 0. The smallest absolute Gasteiger partial charge is 0.187 e. The number of ketones is 1. The van der Waals surface area contributed by atoms with Crippen LogP contribution in [0.2, 0.25) is 0 Å². The summed E-state index contributed by atoms with van der Waals surface area (Å²) in [5, 5.41) is 15.5. The maximum absolute atomic E-state index is 12.4. The van der Waals surface area contributed by atoms with Crippen molar-refractivity contribution in [1.29, 1.82) is 0 Å². The molecule has 5 heteroatoms. The Labute approximate surface area is 226 Å². The number of nitrogens with zero attached hydrogens (tertiary/aromatic N) is 1. The molecule has 1 aliphatic rings. The van der Waals surface area contributed by atoms with Gasteiger partial charge in [-0.2, -0.15) is 0 Å². The molecule has 0 fully saturated rings. The first-order valence-electron chi connectivity index (χ1n) is 12.6. The Morgan fingerprint density at radius 2 is 1.46 bits per heavy atom. The Bertz CT molecular complexity index is 1770. The van der Waals surface area contributed by atoms with Gasteiger partial charge in [0.05, 0.1) is 5.69 Å². The first-order valence-corrected chi connectivity index (χ1v) is 12.6. The van der Waals surface area contributed by atoms with E-state index in [4.69, 9.17) is 4.74 Å². The van der Waals surface area contributed by atoms with E-state index in [1.165, 1.54) is 0 Å². The predicted octanol–water partition coefficient (Wildman–Crippen LogP) is 8.14.